The maximum Gasteiger partial charge on any atom is 0.330 e. The van der Waals surface area contributed by atoms with Crippen molar-refractivity contribution < 1.29 is 14.7 Å². The number of carbonyl (C=O) groups is 2. The zero-order chi connectivity index (χ0) is 15.5. The summed E-state index contributed by atoms with van der Waals surface area (Å²) in [6.45, 7) is 4.20. The van der Waals surface area contributed by atoms with Crippen LogP contribution in [0.4, 0.5) is 0 Å². The standard InChI is InChI=1S/C15H21NO3S2/c1-3-5-11-10(4-2)8-12(21-11)13(17)16-15(14(18)19)6-7-20-9-15/h8H,3-7,9H2,1-2H3,(H,16,17)(H,18,19). The van der Waals surface area contributed by atoms with Gasteiger partial charge in [0.15, 0.2) is 0 Å². The zero-order valence-electron chi connectivity index (χ0n) is 12.4. The summed E-state index contributed by atoms with van der Waals surface area (Å²) in [6, 6.07) is 1.92. The first-order valence-corrected chi connectivity index (χ1v) is 9.24. The van der Waals surface area contributed by atoms with Crippen LogP contribution in [0.2, 0.25) is 0 Å². The van der Waals surface area contributed by atoms with Crippen molar-refractivity contribution in [2.24, 2.45) is 0 Å². The Morgan fingerprint density at radius 3 is 2.71 bits per heavy atom. The fourth-order valence-electron chi connectivity index (χ4n) is 2.48. The van der Waals surface area contributed by atoms with Crippen LogP contribution >= 0.6 is 23.1 Å². The second-order valence-electron chi connectivity index (χ2n) is 5.31. The highest BCUT2D eigenvalue weighted by atomic mass is 32.2. The lowest BCUT2D eigenvalue weighted by Crippen LogP contribution is -2.54. The Labute approximate surface area is 133 Å². The highest BCUT2D eigenvalue weighted by Crippen LogP contribution is 2.30. The van der Waals surface area contributed by atoms with Crippen molar-refractivity contribution in [1.29, 1.82) is 0 Å². The molecule has 1 aromatic rings. The molecule has 0 bridgehead atoms. The lowest BCUT2D eigenvalue weighted by Gasteiger charge is -2.24. The van der Waals surface area contributed by atoms with E-state index in [-0.39, 0.29) is 5.91 Å². The van der Waals surface area contributed by atoms with Crippen LogP contribution in [0.3, 0.4) is 0 Å². The summed E-state index contributed by atoms with van der Waals surface area (Å²) in [4.78, 5) is 25.8. The monoisotopic (exact) mass is 327 g/mol. The third-order valence-corrected chi connectivity index (χ3v) is 6.19. The van der Waals surface area contributed by atoms with E-state index in [0.717, 1.165) is 25.0 Å². The first kappa shape index (κ1) is 16.4. The first-order valence-electron chi connectivity index (χ1n) is 7.27. The van der Waals surface area contributed by atoms with Gasteiger partial charge in [-0.05, 0) is 36.6 Å². The van der Waals surface area contributed by atoms with E-state index < -0.39 is 11.5 Å². The fourth-order valence-corrected chi connectivity index (χ4v) is 5.06. The molecule has 21 heavy (non-hydrogen) atoms. The minimum Gasteiger partial charge on any atom is -0.479 e. The molecule has 0 saturated carbocycles. The van der Waals surface area contributed by atoms with E-state index >= 15 is 0 Å². The highest BCUT2D eigenvalue weighted by Gasteiger charge is 2.43. The summed E-state index contributed by atoms with van der Waals surface area (Å²) >= 11 is 3.07. The predicted octanol–water partition coefficient (Wildman–Crippen LogP) is 2.95. The van der Waals surface area contributed by atoms with Gasteiger partial charge in [-0.15, -0.1) is 11.3 Å². The lowest BCUT2D eigenvalue weighted by molar-refractivity contribution is -0.143. The third kappa shape index (κ3) is 3.43. The van der Waals surface area contributed by atoms with Gasteiger partial charge in [0.1, 0.15) is 5.54 Å². The first-order chi connectivity index (χ1) is 10.0. The minimum atomic E-state index is -1.09. The van der Waals surface area contributed by atoms with Crippen molar-refractivity contribution in [3.63, 3.8) is 0 Å². The van der Waals surface area contributed by atoms with Gasteiger partial charge in [-0.1, -0.05) is 20.3 Å². The molecular formula is C15H21NO3S2. The number of nitrogens with one attached hydrogen (secondary N) is 1. The number of rotatable bonds is 6. The maximum absolute atomic E-state index is 12.4. The summed E-state index contributed by atoms with van der Waals surface area (Å²) < 4.78 is 0. The van der Waals surface area contributed by atoms with Crippen LogP contribution in [0.1, 0.15) is 46.8 Å². The molecule has 1 atom stereocenters. The predicted molar refractivity (Wildman–Crippen MR) is 87.5 cm³/mol. The topological polar surface area (TPSA) is 66.4 Å². The lowest BCUT2D eigenvalue weighted by atomic mass is 9.99. The molecule has 2 N–H and O–H groups in total. The van der Waals surface area contributed by atoms with Crippen LogP contribution in [-0.2, 0) is 17.6 Å². The van der Waals surface area contributed by atoms with Gasteiger partial charge in [0.2, 0.25) is 0 Å². The van der Waals surface area contributed by atoms with Crippen molar-refractivity contribution in [1.82, 2.24) is 5.32 Å². The molecule has 0 radical (unpaired) electrons. The molecule has 2 rings (SSSR count). The van der Waals surface area contributed by atoms with Gasteiger partial charge < -0.3 is 10.4 Å². The smallest absolute Gasteiger partial charge is 0.330 e. The van der Waals surface area contributed by atoms with Crippen molar-refractivity contribution >= 4 is 35.0 Å². The maximum atomic E-state index is 12.4. The number of thioether (sulfide) groups is 1. The van der Waals surface area contributed by atoms with Crippen LogP contribution < -0.4 is 5.32 Å². The average molecular weight is 327 g/mol. The van der Waals surface area contributed by atoms with Gasteiger partial charge in [-0.2, -0.15) is 11.8 Å². The van der Waals surface area contributed by atoms with Gasteiger partial charge in [0, 0.05) is 10.6 Å². The Morgan fingerprint density at radius 1 is 1.43 bits per heavy atom. The van der Waals surface area contributed by atoms with Crippen molar-refractivity contribution in [3.8, 4) is 0 Å². The number of hydrogen-bond donors (Lipinski definition) is 2. The molecule has 1 fully saturated rings. The molecular weight excluding hydrogens is 306 g/mol. The second-order valence-corrected chi connectivity index (χ2v) is 7.55. The average Bonchev–Trinajstić information content (AvgIpc) is 3.06. The third-order valence-electron chi connectivity index (χ3n) is 3.76. The van der Waals surface area contributed by atoms with Crippen LogP contribution in [0.5, 0.6) is 0 Å². The molecule has 1 aliphatic heterocycles. The molecule has 0 spiro atoms. The largest absolute Gasteiger partial charge is 0.479 e. The quantitative estimate of drug-likeness (QED) is 0.843. The molecule has 2 heterocycles. The molecule has 1 aromatic heterocycles. The molecule has 4 nitrogen and oxygen atoms in total. The Hall–Kier alpha value is -1.01. The molecule has 1 amide bonds. The van der Waals surface area contributed by atoms with Gasteiger partial charge in [0.05, 0.1) is 4.88 Å². The highest BCUT2D eigenvalue weighted by molar-refractivity contribution is 7.99. The summed E-state index contributed by atoms with van der Waals surface area (Å²) in [5.41, 5.74) is 0.112. The Balaban J connectivity index is 2.18. The number of thiophene rings is 1. The van der Waals surface area contributed by atoms with Crippen LogP contribution in [-0.4, -0.2) is 34.0 Å². The molecule has 0 aromatic carbocycles. The zero-order valence-corrected chi connectivity index (χ0v) is 14.0. The molecule has 1 saturated heterocycles. The normalized spacial score (nSPS) is 21.4. The van der Waals surface area contributed by atoms with Crippen molar-refractivity contribution in [3.05, 3.63) is 21.4 Å². The van der Waals surface area contributed by atoms with Gasteiger partial charge in [0.25, 0.3) is 5.91 Å². The van der Waals surface area contributed by atoms with Crippen molar-refractivity contribution in [2.45, 2.75) is 45.1 Å². The summed E-state index contributed by atoms with van der Waals surface area (Å²) in [5, 5.41) is 12.2. The number of carbonyl (C=O) groups excluding carboxylic acids is 1. The van der Waals surface area contributed by atoms with Crippen LogP contribution in [0.15, 0.2) is 6.07 Å². The molecule has 116 valence electrons. The van der Waals surface area contributed by atoms with Gasteiger partial charge >= 0.3 is 5.97 Å². The van der Waals surface area contributed by atoms with E-state index in [1.807, 2.05) is 6.07 Å². The van der Waals surface area contributed by atoms with E-state index in [2.05, 4.69) is 19.2 Å². The summed E-state index contributed by atoms with van der Waals surface area (Å²) in [5.74, 6) is 0.0455. The van der Waals surface area contributed by atoms with Crippen LogP contribution in [0.25, 0.3) is 0 Å². The Kier molecular flexibility index (Phi) is 5.32. The van der Waals surface area contributed by atoms with Crippen LogP contribution in [0, 0.1) is 0 Å². The van der Waals surface area contributed by atoms with Crippen molar-refractivity contribution in [2.75, 3.05) is 11.5 Å². The number of aliphatic carboxylic acids is 1. The van der Waals surface area contributed by atoms with Gasteiger partial charge in [-0.3, -0.25) is 4.79 Å². The number of carboxylic acids is 1. The molecule has 6 heteroatoms. The SMILES string of the molecule is CCCc1sc(C(=O)NC2(C(=O)O)CCSC2)cc1CC. The Morgan fingerprint density at radius 2 is 2.19 bits per heavy atom. The second kappa shape index (κ2) is 6.83. The van der Waals surface area contributed by atoms with E-state index in [1.165, 1.54) is 21.8 Å². The summed E-state index contributed by atoms with van der Waals surface area (Å²) in [6.07, 6.45) is 3.41. The number of carboxylic acid groups (broad SMARTS) is 1. The number of hydrogen-bond acceptors (Lipinski definition) is 4. The molecule has 1 unspecified atom stereocenters. The minimum absolute atomic E-state index is 0.248. The van der Waals surface area contributed by atoms with Gasteiger partial charge in [-0.25, -0.2) is 4.79 Å². The molecule has 0 aliphatic carbocycles. The van der Waals surface area contributed by atoms with E-state index in [1.54, 1.807) is 11.8 Å². The Bertz CT molecular complexity index is 533. The fraction of sp³-hybridized carbons (Fsp3) is 0.600. The van der Waals surface area contributed by atoms with E-state index in [4.69, 9.17) is 0 Å². The van der Waals surface area contributed by atoms with E-state index in [0.29, 0.717) is 17.1 Å². The number of amides is 1. The molecule has 1 aliphatic rings. The summed E-state index contributed by atoms with van der Waals surface area (Å²) in [7, 11) is 0. The number of aryl methyl sites for hydroxylation is 2. The van der Waals surface area contributed by atoms with E-state index in [9.17, 15) is 14.7 Å².